The van der Waals surface area contributed by atoms with Crippen molar-refractivity contribution in [2.75, 3.05) is 5.32 Å². The quantitative estimate of drug-likeness (QED) is 0.828. The van der Waals surface area contributed by atoms with E-state index in [0.717, 1.165) is 21.7 Å². The molecule has 1 aromatic carbocycles. The Morgan fingerprint density at radius 2 is 2.31 bits per heavy atom. The lowest BCUT2D eigenvalue weighted by molar-refractivity contribution is 0.269. The van der Waals surface area contributed by atoms with E-state index in [4.69, 9.17) is 0 Å². The minimum atomic E-state index is -0.134. The van der Waals surface area contributed by atoms with Crippen LogP contribution in [-0.2, 0) is 0 Å². The Morgan fingerprint density at radius 1 is 1.50 bits per heavy atom. The number of benzene rings is 1. The second kappa shape index (κ2) is 4.73. The number of amides is 1. The van der Waals surface area contributed by atoms with E-state index in [2.05, 4.69) is 19.5 Å². The molecule has 1 aromatic heterocycles. The third kappa shape index (κ3) is 2.46. The highest BCUT2D eigenvalue weighted by atomic mass is 32.1. The minimum absolute atomic E-state index is 0.134. The average Bonchev–Trinajstić information content (AvgIpc) is 2.69. The van der Waals surface area contributed by atoms with Crippen molar-refractivity contribution in [3.63, 3.8) is 0 Å². The number of aryl methyl sites for hydroxylation is 1. The van der Waals surface area contributed by atoms with Crippen LogP contribution in [0.3, 0.4) is 0 Å². The molecule has 0 bridgehead atoms. The van der Waals surface area contributed by atoms with Gasteiger partial charge in [-0.2, -0.15) is 0 Å². The Hall–Kier alpha value is -1.25. The normalized spacial score (nSPS) is 10.1. The van der Waals surface area contributed by atoms with Crippen molar-refractivity contribution in [2.24, 2.45) is 0 Å². The van der Waals surface area contributed by atoms with E-state index in [9.17, 15) is 4.79 Å². The minimum Gasteiger partial charge on any atom is -0.323 e. The molecule has 1 unspecified atom stereocenters. The predicted molar refractivity (Wildman–Crippen MR) is 71.0 cm³/mol. The van der Waals surface area contributed by atoms with Gasteiger partial charge in [-0.3, -0.25) is 9.78 Å². The number of aromatic nitrogens is 1. The maximum Gasteiger partial charge on any atom is 0.239 e. The number of carbonyl (C=O) groups is 1. The van der Waals surface area contributed by atoms with Crippen molar-refractivity contribution in [3.05, 3.63) is 35.5 Å². The van der Waals surface area contributed by atoms with Crippen molar-refractivity contribution < 1.29 is 4.79 Å². The van der Waals surface area contributed by atoms with Crippen LogP contribution in [0.15, 0.2) is 29.9 Å². The molecule has 0 fully saturated rings. The zero-order chi connectivity index (χ0) is 11.5. The lowest BCUT2D eigenvalue weighted by atomic mass is 10.1. The third-order valence-electron chi connectivity index (χ3n) is 2.19. The first kappa shape index (κ1) is 11.2. The molecule has 5 heteroatoms. The second-order valence-electron chi connectivity index (χ2n) is 3.38. The fourth-order valence-electron chi connectivity index (χ4n) is 1.51. The van der Waals surface area contributed by atoms with Gasteiger partial charge in [0.2, 0.25) is 5.65 Å². The van der Waals surface area contributed by atoms with Gasteiger partial charge in [0.05, 0.1) is 10.4 Å². The van der Waals surface area contributed by atoms with Gasteiger partial charge < -0.3 is 5.32 Å². The van der Waals surface area contributed by atoms with Gasteiger partial charge in [-0.05, 0) is 39.4 Å². The van der Waals surface area contributed by atoms with E-state index in [1.54, 1.807) is 11.3 Å². The van der Waals surface area contributed by atoms with Gasteiger partial charge in [0.25, 0.3) is 0 Å². The summed E-state index contributed by atoms with van der Waals surface area (Å²) < 4.78 is 0. The van der Waals surface area contributed by atoms with Gasteiger partial charge in [-0.15, -0.1) is 11.3 Å². The van der Waals surface area contributed by atoms with Crippen LogP contribution < -0.4 is 5.32 Å². The van der Waals surface area contributed by atoms with Crippen LogP contribution in [0.5, 0.6) is 0 Å². The van der Waals surface area contributed by atoms with Gasteiger partial charge in [0.15, 0.2) is 0 Å². The van der Waals surface area contributed by atoms with E-state index >= 15 is 0 Å². The SMILES string of the molecule is Cc1cc(NC(=O)P)ccc1-c1cncs1. The molecule has 2 aromatic rings. The monoisotopic (exact) mass is 250 g/mol. The lowest BCUT2D eigenvalue weighted by Crippen LogP contribution is -2.00. The fourth-order valence-corrected chi connectivity index (χ4v) is 2.39. The fraction of sp³-hybridized carbons (Fsp3) is 0.0909. The number of anilines is 1. The van der Waals surface area contributed by atoms with E-state index < -0.39 is 0 Å². The highest BCUT2D eigenvalue weighted by Gasteiger charge is 2.04. The Kier molecular flexibility index (Phi) is 3.32. The molecule has 0 aliphatic carbocycles. The zero-order valence-electron chi connectivity index (χ0n) is 8.73. The maximum atomic E-state index is 10.9. The molecule has 0 radical (unpaired) electrons. The Labute approximate surface area is 100 Å². The Morgan fingerprint density at radius 3 is 2.88 bits per heavy atom. The Bertz CT molecular complexity index is 511. The van der Waals surface area contributed by atoms with Gasteiger partial charge >= 0.3 is 0 Å². The maximum absolute atomic E-state index is 10.9. The number of hydrogen-bond acceptors (Lipinski definition) is 3. The average molecular weight is 250 g/mol. The predicted octanol–water partition coefficient (Wildman–Crippen LogP) is 3.53. The summed E-state index contributed by atoms with van der Waals surface area (Å²) in [6.07, 6.45) is 1.85. The number of nitrogens with one attached hydrogen (secondary N) is 1. The van der Waals surface area contributed by atoms with Crippen LogP contribution in [0.25, 0.3) is 10.4 Å². The number of nitrogens with zero attached hydrogens (tertiary/aromatic N) is 1. The summed E-state index contributed by atoms with van der Waals surface area (Å²) in [5.41, 5.74) is 4.77. The largest absolute Gasteiger partial charge is 0.323 e. The first-order chi connectivity index (χ1) is 7.66. The summed E-state index contributed by atoms with van der Waals surface area (Å²) in [6.45, 7) is 2.02. The van der Waals surface area contributed by atoms with Gasteiger partial charge in [0.1, 0.15) is 0 Å². The molecular formula is C11H11N2OPS. The van der Waals surface area contributed by atoms with Gasteiger partial charge in [-0.25, -0.2) is 0 Å². The van der Waals surface area contributed by atoms with Crippen LogP contribution in [0, 0.1) is 6.92 Å². The molecule has 0 aliphatic rings. The van der Waals surface area contributed by atoms with Crippen molar-refractivity contribution >= 4 is 31.9 Å². The highest BCUT2D eigenvalue weighted by molar-refractivity contribution is 7.40. The molecule has 0 aliphatic heterocycles. The molecule has 0 spiro atoms. The molecule has 16 heavy (non-hydrogen) atoms. The molecular weight excluding hydrogens is 239 g/mol. The van der Waals surface area contributed by atoms with E-state index in [1.165, 1.54) is 0 Å². The van der Waals surface area contributed by atoms with E-state index in [1.807, 2.05) is 36.8 Å². The summed E-state index contributed by atoms with van der Waals surface area (Å²) in [4.78, 5) is 16.1. The first-order valence-electron chi connectivity index (χ1n) is 4.73. The van der Waals surface area contributed by atoms with Crippen LogP contribution in [0.4, 0.5) is 10.5 Å². The zero-order valence-corrected chi connectivity index (χ0v) is 10.7. The molecule has 0 saturated carbocycles. The van der Waals surface area contributed by atoms with Crippen LogP contribution >= 0.6 is 20.6 Å². The van der Waals surface area contributed by atoms with Crippen molar-refractivity contribution in [1.29, 1.82) is 0 Å². The van der Waals surface area contributed by atoms with E-state index in [0.29, 0.717) is 0 Å². The lowest BCUT2D eigenvalue weighted by Gasteiger charge is -2.06. The van der Waals surface area contributed by atoms with Gasteiger partial charge in [-0.1, -0.05) is 6.07 Å². The standard InChI is InChI=1S/C11H11N2OPS/c1-7-4-8(13-11(14)15)2-3-9(7)10-5-12-6-16-10/h2-6H,15H2,1H3,(H,13,14). The number of rotatable bonds is 2. The molecule has 1 amide bonds. The summed E-state index contributed by atoms with van der Waals surface area (Å²) in [6, 6.07) is 5.85. The molecule has 1 N–H and O–H groups in total. The molecule has 3 nitrogen and oxygen atoms in total. The van der Waals surface area contributed by atoms with Crippen LogP contribution in [0.1, 0.15) is 5.56 Å². The third-order valence-corrected chi connectivity index (χ3v) is 3.14. The number of hydrogen-bond donors (Lipinski definition) is 1. The van der Waals surface area contributed by atoms with Crippen molar-refractivity contribution in [2.45, 2.75) is 6.92 Å². The summed E-state index contributed by atoms with van der Waals surface area (Å²) >= 11 is 1.61. The highest BCUT2D eigenvalue weighted by Crippen LogP contribution is 2.28. The first-order valence-corrected chi connectivity index (χ1v) is 6.18. The molecule has 0 saturated heterocycles. The number of thiazole rings is 1. The Balaban J connectivity index is 2.34. The summed E-state index contributed by atoms with van der Waals surface area (Å²) in [7, 11) is 2.10. The van der Waals surface area contributed by atoms with Crippen LogP contribution in [0.2, 0.25) is 0 Å². The molecule has 1 atom stereocenters. The molecule has 2 rings (SSSR count). The molecule has 82 valence electrons. The smallest absolute Gasteiger partial charge is 0.239 e. The van der Waals surface area contributed by atoms with Gasteiger partial charge in [0, 0.05) is 11.9 Å². The van der Waals surface area contributed by atoms with Crippen LogP contribution in [-0.4, -0.2) is 10.6 Å². The second-order valence-corrected chi connectivity index (χ2v) is 4.80. The van der Waals surface area contributed by atoms with E-state index in [-0.39, 0.29) is 5.65 Å². The number of carbonyl (C=O) groups excluding carboxylic acids is 1. The van der Waals surface area contributed by atoms with Crippen molar-refractivity contribution in [1.82, 2.24) is 4.98 Å². The topological polar surface area (TPSA) is 42.0 Å². The molecule has 1 heterocycles. The van der Waals surface area contributed by atoms with Crippen molar-refractivity contribution in [3.8, 4) is 10.4 Å². The summed E-state index contributed by atoms with van der Waals surface area (Å²) in [5.74, 6) is 0. The summed E-state index contributed by atoms with van der Waals surface area (Å²) in [5, 5.41) is 2.73.